The lowest BCUT2D eigenvalue weighted by atomic mass is 9.87. The van der Waals surface area contributed by atoms with Crippen LogP contribution in [0.1, 0.15) is 51.5 Å². The highest BCUT2D eigenvalue weighted by molar-refractivity contribution is 5.78. The molecule has 1 saturated heterocycles. The Balaban J connectivity index is 0.00000164. The van der Waals surface area contributed by atoms with E-state index in [0.717, 1.165) is 61.6 Å². The largest absolute Gasteiger partial charge is 0.485 e. The number of likely N-dealkylation sites (tertiary alicyclic amines) is 1. The van der Waals surface area contributed by atoms with Gasteiger partial charge in [0.1, 0.15) is 29.1 Å². The monoisotopic (exact) mass is 514 g/mol. The fraction of sp³-hybridized carbons (Fsp3) is 0.375. The van der Waals surface area contributed by atoms with E-state index in [9.17, 15) is 9.59 Å². The van der Waals surface area contributed by atoms with Crippen LogP contribution in [0.5, 0.6) is 17.2 Å². The summed E-state index contributed by atoms with van der Waals surface area (Å²) in [5.74, 6) is 2.61. The third-order valence-corrected chi connectivity index (χ3v) is 7.15. The van der Waals surface area contributed by atoms with Crippen LogP contribution in [-0.2, 0) is 16.1 Å². The summed E-state index contributed by atoms with van der Waals surface area (Å²) >= 11 is 0. The van der Waals surface area contributed by atoms with Crippen molar-refractivity contribution < 1.29 is 19.1 Å². The van der Waals surface area contributed by atoms with E-state index in [1.807, 2.05) is 73.3 Å². The summed E-state index contributed by atoms with van der Waals surface area (Å²) in [5, 5.41) is 0. The number of hydrogen-bond donors (Lipinski definition) is 0. The van der Waals surface area contributed by atoms with Gasteiger partial charge in [-0.1, -0.05) is 56.3 Å². The zero-order valence-corrected chi connectivity index (χ0v) is 22.5. The number of anilines is 1. The second-order valence-electron chi connectivity index (χ2n) is 9.57. The number of benzene rings is 3. The van der Waals surface area contributed by atoms with E-state index in [-0.39, 0.29) is 11.5 Å². The van der Waals surface area contributed by atoms with Gasteiger partial charge >= 0.3 is 0 Å². The summed E-state index contributed by atoms with van der Waals surface area (Å²) in [7, 11) is 0. The molecule has 0 aromatic heterocycles. The van der Waals surface area contributed by atoms with E-state index >= 15 is 0 Å². The molecule has 3 aromatic carbocycles. The number of aldehydes is 1. The molecule has 1 fully saturated rings. The third kappa shape index (κ3) is 6.74. The first-order valence-corrected chi connectivity index (χ1v) is 13.7. The molecule has 6 nitrogen and oxygen atoms in total. The first-order chi connectivity index (χ1) is 18.6. The van der Waals surface area contributed by atoms with Crippen molar-refractivity contribution in [3.05, 3.63) is 84.4 Å². The summed E-state index contributed by atoms with van der Waals surface area (Å²) in [4.78, 5) is 27.3. The molecule has 200 valence electrons. The number of rotatable bonds is 7. The zero-order valence-electron chi connectivity index (χ0n) is 22.5. The highest BCUT2D eigenvalue weighted by Crippen LogP contribution is 2.41. The van der Waals surface area contributed by atoms with E-state index in [1.54, 1.807) is 0 Å². The highest BCUT2D eigenvalue weighted by Gasteiger charge is 2.40. The Morgan fingerprint density at radius 3 is 2.21 bits per heavy atom. The molecule has 5 rings (SSSR count). The Morgan fingerprint density at radius 1 is 0.868 bits per heavy atom. The molecule has 0 N–H and O–H groups in total. The Labute approximate surface area is 226 Å². The number of fused-ring (bicyclic) bond motifs is 1. The smallest absolute Gasteiger partial charge is 0.223 e. The molecule has 0 aliphatic carbocycles. The van der Waals surface area contributed by atoms with Crippen LogP contribution in [0.15, 0.2) is 78.9 Å². The minimum absolute atomic E-state index is 0.0623. The Morgan fingerprint density at radius 2 is 1.50 bits per heavy atom. The lowest BCUT2D eigenvalue weighted by Crippen LogP contribution is -2.50. The Kier molecular flexibility index (Phi) is 9.41. The fourth-order valence-corrected chi connectivity index (χ4v) is 5.08. The average molecular weight is 515 g/mol. The first-order valence-electron chi connectivity index (χ1n) is 13.7. The second kappa shape index (κ2) is 13.1. The number of carbonyl (C=O) groups is 2. The van der Waals surface area contributed by atoms with E-state index in [4.69, 9.17) is 9.47 Å². The van der Waals surface area contributed by atoms with Crippen molar-refractivity contribution in [2.24, 2.45) is 0 Å². The quantitative estimate of drug-likeness (QED) is 0.331. The molecule has 3 aromatic rings. The van der Waals surface area contributed by atoms with Gasteiger partial charge in [-0.2, -0.15) is 0 Å². The van der Waals surface area contributed by atoms with Crippen molar-refractivity contribution in [3.8, 4) is 17.2 Å². The topological polar surface area (TPSA) is 59.1 Å². The number of amides is 1. The van der Waals surface area contributed by atoms with Crippen molar-refractivity contribution >= 4 is 17.9 Å². The van der Waals surface area contributed by atoms with Gasteiger partial charge in [0.15, 0.2) is 0 Å². The van der Waals surface area contributed by atoms with Crippen LogP contribution in [0.4, 0.5) is 5.69 Å². The minimum Gasteiger partial charge on any atom is -0.485 e. The molecule has 2 aliphatic rings. The van der Waals surface area contributed by atoms with Crippen LogP contribution in [0.25, 0.3) is 0 Å². The normalized spacial score (nSPS) is 15.8. The van der Waals surface area contributed by atoms with Gasteiger partial charge in [0.2, 0.25) is 5.91 Å². The fourth-order valence-electron chi connectivity index (χ4n) is 5.08. The summed E-state index contributed by atoms with van der Waals surface area (Å²) in [5.41, 5.74) is 2.03. The van der Waals surface area contributed by atoms with Crippen molar-refractivity contribution in [1.29, 1.82) is 0 Å². The van der Waals surface area contributed by atoms with E-state index in [2.05, 4.69) is 29.2 Å². The number of piperidine rings is 1. The van der Waals surface area contributed by atoms with Crippen LogP contribution >= 0.6 is 0 Å². The average Bonchev–Trinajstić information content (AvgIpc) is 3.11. The molecule has 0 radical (unpaired) electrons. The van der Waals surface area contributed by atoms with Gasteiger partial charge in [0, 0.05) is 58.3 Å². The Bertz CT molecular complexity index is 1170. The number of carbonyl (C=O) groups excluding carboxylic acids is 2. The Hall–Kier alpha value is -3.80. The summed E-state index contributed by atoms with van der Waals surface area (Å²) < 4.78 is 12.6. The summed E-state index contributed by atoms with van der Waals surface area (Å²) in [6.45, 7) is 6.99. The molecular weight excluding hydrogens is 476 g/mol. The molecule has 1 amide bonds. The maximum Gasteiger partial charge on any atom is 0.223 e. The summed E-state index contributed by atoms with van der Waals surface area (Å²) in [6.07, 6.45) is 3.89. The van der Waals surface area contributed by atoms with Gasteiger partial charge in [-0.25, -0.2) is 0 Å². The minimum atomic E-state index is -0.278. The lowest BCUT2D eigenvalue weighted by Gasteiger charge is -2.41. The summed E-state index contributed by atoms with van der Waals surface area (Å²) in [6, 6.07) is 26.3. The standard InChI is InChI=1S/C30H32N2O4.C2H6/c33-22-6-11-29(34)31-19-16-30(17-20-31)18-21-32(27-9-4-5-10-28(27)36-30)23-24-12-14-26(15-13-24)35-25-7-2-1-3-8-25;1-2/h1-5,7-10,12-15,22H,6,11,16-21,23H2;1-2H3. The molecule has 0 bridgehead atoms. The molecule has 2 heterocycles. The van der Waals surface area contributed by atoms with Gasteiger partial charge in [-0.15, -0.1) is 0 Å². The number of para-hydroxylation sites is 3. The predicted molar refractivity (Wildman–Crippen MR) is 151 cm³/mol. The highest BCUT2D eigenvalue weighted by atomic mass is 16.5. The number of nitrogens with zero attached hydrogens (tertiary/aromatic N) is 2. The lowest BCUT2D eigenvalue weighted by molar-refractivity contribution is -0.135. The van der Waals surface area contributed by atoms with Crippen molar-refractivity contribution in [3.63, 3.8) is 0 Å². The molecule has 1 spiro atoms. The van der Waals surface area contributed by atoms with Crippen LogP contribution < -0.4 is 14.4 Å². The molecule has 6 heteroatoms. The van der Waals surface area contributed by atoms with Crippen LogP contribution in [-0.4, -0.2) is 42.3 Å². The first kappa shape index (κ1) is 27.2. The van der Waals surface area contributed by atoms with E-state index < -0.39 is 0 Å². The molecular formula is C32H38N2O4. The van der Waals surface area contributed by atoms with Crippen molar-refractivity contribution in [1.82, 2.24) is 4.90 Å². The zero-order chi connectivity index (χ0) is 26.8. The van der Waals surface area contributed by atoms with Crippen LogP contribution in [0, 0.1) is 0 Å². The molecule has 0 saturated carbocycles. The second-order valence-corrected chi connectivity index (χ2v) is 9.57. The SMILES string of the molecule is CC.O=CCCC(=O)N1CCC2(CC1)CCN(Cc1ccc(Oc3ccccc3)cc1)c1ccccc1O2. The van der Waals surface area contributed by atoms with E-state index in [0.29, 0.717) is 25.9 Å². The maximum atomic E-state index is 12.4. The molecule has 0 atom stereocenters. The van der Waals surface area contributed by atoms with Crippen molar-refractivity contribution in [2.75, 3.05) is 24.5 Å². The van der Waals surface area contributed by atoms with Gasteiger partial charge in [0.05, 0.1) is 5.69 Å². The van der Waals surface area contributed by atoms with Crippen molar-refractivity contribution in [2.45, 2.75) is 58.1 Å². The predicted octanol–water partition coefficient (Wildman–Crippen LogP) is 6.63. The molecule has 38 heavy (non-hydrogen) atoms. The van der Waals surface area contributed by atoms with Gasteiger partial charge < -0.3 is 24.1 Å². The number of hydrogen-bond acceptors (Lipinski definition) is 5. The molecule has 0 unspecified atom stereocenters. The van der Waals surface area contributed by atoms with Crippen LogP contribution in [0.2, 0.25) is 0 Å². The maximum absolute atomic E-state index is 12.4. The van der Waals surface area contributed by atoms with Gasteiger partial charge in [0.25, 0.3) is 0 Å². The van der Waals surface area contributed by atoms with Gasteiger partial charge in [-0.3, -0.25) is 4.79 Å². The van der Waals surface area contributed by atoms with E-state index in [1.165, 1.54) is 5.56 Å². The number of ether oxygens (including phenoxy) is 2. The molecule has 2 aliphatic heterocycles. The van der Waals surface area contributed by atoms with Gasteiger partial charge in [-0.05, 0) is 42.0 Å². The van der Waals surface area contributed by atoms with Crippen LogP contribution in [0.3, 0.4) is 0 Å². The third-order valence-electron chi connectivity index (χ3n) is 7.15.